The first kappa shape index (κ1) is 29.7. The van der Waals surface area contributed by atoms with E-state index in [0.29, 0.717) is 18.2 Å². The van der Waals surface area contributed by atoms with E-state index in [1.54, 1.807) is 0 Å². The quantitative estimate of drug-likeness (QED) is 0.456. The predicted octanol–water partition coefficient (Wildman–Crippen LogP) is 4.94. The first-order chi connectivity index (χ1) is 18.3. The second-order valence-electron chi connectivity index (χ2n) is 12.6. The molecule has 6 heteroatoms. The third-order valence-electron chi connectivity index (χ3n) is 9.89. The van der Waals surface area contributed by atoms with Gasteiger partial charge in [-0.1, -0.05) is 38.5 Å². The molecular weight excluding hydrogens is 460 g/mol. The number of rotatable bonds is 3. The van der Waals surface area contributed by atoms with Crippen LogP contribution in [0, 0.1) is 0 Å². The topological polar surface area (TPSA) is 63.3 Å². The van der Waals surface area contributed by atoms with Gasteiger partial charge in [0.05, 0.1) is 18.3 Å². The zero-order valence-electron chi connectivity index (χ0n) is 24.2. The van der Waals surface area contributed by atoms with Crippen LogP contribution in [0.3, 0.4) is 0 Å². The minimum absolute atomic E-state index is 0. The molecule has 6 atom stereocenters. The van der Waals surface area contributed by atoms with Crippen LogP contribution >= 0.6 is 0 Å². The average molecular weight is 524 g/mol. The Morgan fingerprint density at radius 2 is 1.11 bits per heavy atom. The van der Waals surface area contributed by atoms with Gasteiger partial charge in [0.25, 0.3) is 0 Å². The lowest BCUT2D eigenvalue weighted by molar-refractivity contribution is 0.0312. The van der Waals surface area contributed by atoms with Crippen molar-refractivity contribution in [3.8, 4) is 0 Å². The van der Waals surface area contributed by atoms with E-state index in [1.165, 1.54) is 148 Å². The van der Waals surface area contributed by atoms with Crippen LogP contribution in [0.5, 0.6) is 0 Å². The molecule has 7 aliphatic rings. The smallest absolute Gasteiger partial charge is 0.0841 e. The predicted molar refractivity (Wildman–Crippen MR) is 156 cm³/mol. The summed E-state index contributed by atoms with van der Waals surface area (Å²) in [5.41, 5.74) is 0. The van der Waals surface area contributed by atoms with Crippen molar-refractivity contribution >= 4 is 0 Å². The van der Waals surface area contributed by atoms with Gasteiger partial charge in [0.2, 0.25) is 0 Å². The first-order valence-electron chi connectivity index (χ1n) is 16.5. The van der Waals surface area contributed by atoms with E-state index in [4.69, 9.17) is 4.74 Å². The minimum atomic E-state index is -0.0307. The summed E-state index contributed by atoms with van der Waals surface area (Å²) in [7, 11) is 2.12. The highest BCUT2D eigenvalue weighted by atomic mass is 16.6. The van der Waals surface area contributed by atoms with Gasteiger partial charge >= 0.3 is 0 Å². The Balaban J connectivity index is 0.000000147. The van der Waals surface area contributed by atoms with Crippen LogP contribution < -0.4 is 10.6 Å². The SMILES string of the molecule is C1CCC2OC2C1.C1CCNC1.CN[C@H]1CCCC[C@@H]1N1CCCC1.O[C@H]1CCCC[C@@H]1N1CCCC1.[2HH]. The zero-order valence-corrected chi connectivity index (χ0v) is 24.2. The third kappa shape index (κ3) is 10.0. The normalized spacial score (nSPS) is 37.8. The maximum Gasteiger partial charge on any atom is 0.0841 e. The zero-order chi connectivity index (χ0) is 25.7. The second kappa shape index (κ2) is 16.8. The molecule has 4 saturated heterocycles. The molecule has 3 saturated carbocycles. The number of hydrogen-bond donors (Lipinski definition) is 3. The molecule has 218 valence electrons. The van der Waals surface area contributed by atoms with E-state index in [1.807, 2.05) is 0 Å². The molecule has 4 aliphatic heterocycles. The first-order valence-corrected chi connectivity index (χ1v) is 16.5. The Kier molecular flexibility index (Phi) is 13.5. The summed E-state index contributed by atoms with van der Waals surface area (Å²) in [5, 5.41) is 16.5. The van der Waals surface area contributed by atoms with Crippen LogP contribution in [-0.2, 0) is 4.74 Å². The highest BCUT2D eigenvalue weighted by Gasteiger charge is 2.39. The van der Waals surface area contributed by atoms with Crippen LogP contribution in [0.1, 0.15) is 117 Å². The molecule has 4 heterocycles. The fourth-order valence-corrected chi connectivity index (χ4v) is 7.55. The lowest BCUT2D eigenvalue weighted by Gasteiger charge is -2.37. The summed E-state index contributed by atoms with van der Waals surface area (Å²) in [4.78, 5) is 5.20. The van der Waals surface area contributed by atoms with Crippen LogP contribution in [-0.4, -0.2) is 97.7 Å². The molecule has 37 heavy (non-hydrogen) atoms. The molecule has 6 nitrogen and oxygen atoms in total. The fraction of sp³-hybridized carbons (Fsp3) is 1.00. The van der Waals surface area contributed by atoms with Crippen LogP contribution in [0.4, 0.5) is 0 Å². The Hall–Kier alpha value is -0.240. The van der Waals surface area contributed by atoms with Crippen LogP contribution in [0.2, 0.25) is 0 Å². The van der Waals surface area contributed by atoms with Crippen molar-refractivity contribution in [3.05, 3.63) is 0 Å². The maximum absolute atomic E-state index is 9.79. The van der Waals surface area contributed by atoms with Gasteiger partial charge in [-0.3, -0.25) is 9.80 Å². The maximum atomic E-state index is 9.79. The van der Waals surface area contributed by atoms with Gasteiger partial charge in [-0.25, -0.2) is 0 Å². The average Bonchev–Trinajstić information content (AvgIpc) is 3.49. The second-order valence-corrected chi connectivity index (χ2v) is 12.6. The van der Waals surface area contributed by atoms with E-state index in [-0.39, 0.29) is 7.53 Å². The summed E-state index contributed by atoms with van der Waals surface area (Å²) in [5.74, 6) is 0. The molecule has 3 N–H and O–H groups in total. The largest absolute Gasteiger partial charge is 0.391 e. The van der Waals surface area contributed by atoms with Crippen LogP contribution in [0.25, 0.3) is 0 Å². The number of likely N-dealkylation sites (tertiary alicyclic amines) is 2. The number of nitrogens with one attached hydrogen (secondary N) is 2. The van der Waals surface area contributed by atoms with Crippen LogP contribution in [0.15, 0.2) is 0 Å². The van der Waals surface area contributed by atoms with Gasteiger partial charge in [0.15, 0.2) is 0 Å². The van der Waals surface area contributed by atoms with E-state index in [9.17, 15) is 5.11 Å². The number of fused-ring (bicyclic) bond motifs is 1. The number of hydrogen-bond acceptors (Lipinski definition) is 6. The molecule has 7 fully saturated rings. The minimum Gasteiger partial charge on any atom is -0.391 e. The summed E-state index contributed by atoms with van der Waals surface area (Å²) < 4.78 is 5.28. The Labute approximate surface area is 230 Å². The number of ether oxygens (including phenoxy) is 1. The summed E-state index contributed by atoms with van der Waals surface area (Å²) in [6, 6.07) is 2.12. The summed E-state index contributed by atoms with van der Waals surface area (Å²) in [6.45, 7) is 7.65. The molecular formula is C31H62N4O2. The number of aliphatic hydroxyl groups is 1. The molecule has 3 aliphatic carbocycles. The number of nitrogens with zero attached hydrogens (tertiary/aromatic N) is 2. The molecule has 0 amide bonds. The highest BCUT2D eigenvalue weighted by Crippen LogP contribution is 2.35. The third-order valence-corrected chi connectivity index (χ3v) is 9.89. The van der Waals surface area contributed by atoms with Crippen molar-refractivity contribution in [2.45, 2.75) is 152 Å². The highest BCUT2D eigenvalue weighted by molar-refractivity contribution is 4.89. The number of aliphatic hydroxyl groups excluding tert-OH is 1. The standard InChI is InChI=1S/C11H22N2.C10H19NO.C6H10O.C4H9N.H2/c1-12-10-6-2-3-7-11(10)13-8-4-5-9-13;12-10-6-2-1-5-9(10)11-7-3-4-8-11;1-2-4-6-5(3-1)7-6;1-2-4-5-3-1;/h10-12H,2-9H2,1H3;9-10,12H,1-8H2;5-6H,1-4H2;5H,1-4H2;1H/t10-,11-;9-,10-;;;/m00.../s1/i;;;;1+1. The Morgan fingerprint density at radius 1 is 0.622 bits per heavy atom. The van der Waals surface area contributed by atoms with Crippen molar-refractivity contribution in [1.82, 2.24) is 20.4 Å². The summed E-state index contributed by atoms with van der Waals surface area (Å²) >= 11 is 0. The van der Waals surface area contributed by atoms with Gasteiger partial charge < -0.3 is 20.5 Å². The van der Waals surface area contributed by atoms with Gasteiger partial charge in [-0.15, -0.1) is 0 Å². The van der Waals surface area contributed by atoms with Crippen molar-refractivity contribution in [2.24, 2.45) is 0 Å². The van der Waals surface area contributed by atoms with Crippen molar-refractivity contribution < 1.29 is 11.3 Å². The van der Waals surface area contributed by atoms with Crippen molar-refractivity contribution in [2.75, 3.05) is 46.3 Å². The summed E-state index contributed by atoms with van der Waals surface area (Å²) in [6.07, 6.45) is 25.6. The van der Waals surface area contributed by atoms with E-state index in [2.05, 4.69) is 27.5 Å². The monoisotopic (exact) mass is 523 g/mol. The fourth-order valence-electron chi connectivity index (χ4n) is 7.55. The molecule has 0 spiro atoms. The number of epoxide rings is 1. The Morgan fingerprint density at radius 3 is 1.59 bits per heavy atom. The molecule has 0 aromatic carbocycles. The van der Waals surface area contributed by atoms with Crippen molar-refractivity contribution in [3.63, 3.8) is 0 Å². The van der Waals surface area contributed by atoms with Gasteiger partial charge in [0.1, 0.15) is 0 Å². The van der Waals surface area contributed by atoms with Gasteiger partial charge in [0, 0.05) is 19.6 Å². The van der Waals surface area contributed by atoms with E-state index in [0.717, 1.165) is 18.5 Å². The molecule has 0 bridgehead atoms. The molecule has 7 rings (SSSR count). The Bertz CT molecular complexity index is 579. The lowest BCUT2D eigenvalue weighted by Crippen LogP contribution is -2.49. The number of likely N-dealkylation sites (N-methyl/N-ethyl adjacent to an activating group) is 1. The molecule has 0 radical (unpaired) electrons. The van der Waals surface area contributed by atoms with Gasteiger partial charge in [-0.2, -0.15) is 0 Å². The van der Waals surface area contributed by atoms with E-state index < -0.39 is 0 Å². The molecule has 0 aromatic rings. The van der Waals surface area contributed by atoms with Crippen molar-refractivity contribution in [1.29, 1.82) is 0 Å². The van der Waals surface area contributed by atoms with E-state index >= 15 is 0 Å². The lowest BCUT2D eigenvalue weighted by atomic mass is 9.89. The molecule has 0 aromatic heterocycles. The molecule has 2 unspecified atom stereocenters. The van der Waals surface area contributed by atoms with Gasteiger partial charge in [-0.05, 0) is 123 Å².